The zero-order chi connectivity index (χ0) is 20.4. The first kappa shape index (κ1) is 19.3. The third-order valence-corrected chi connectivity index (χ3v) is 5.31. The SMILES string of the molecule is COC(=O)c1ccc(CNC(=O)c2nnn(-c3ccc(Br)cc3)c2C2CC2)cc1. The van der Waals surface area contributed by atoms with Gasteiger partial charge in [-0.3, -0.25) is 4.79 Å². The summed E-state index contributed by atoms with van der Waals surface area (Å²) in [7, 11) is 1.34. The largest absolute Gasteiger partial charge is 0.465 e. The van der Waals surface area contributed by atoms with Crippen molar-refractivity contribution in [2.24, 2.45) is 0 Å². The van der Waals surface area contributed by atoms with Crippen LogP contribution in [0.15, 0.2) is 53.0 Å². The Morgan fingerprint density at radius 1 is 1.14 bits per heavy atom. The first-order chi connectivity index (χ1) is 14.1. The normalized spacial score (nSPS) is 13.2. The first-order valence-electron chi connectivity index (χ1n) is 9.24. The van der Waals surface area contributed by atoms with E-state index in [0.29, 0.717) is 23.7 Å². The third-order valence-electron chi connectivity index (χ3n) is 4.78. The van der Waals surface area contributed by atoms with Crippen LogP contribution in [0, 0.1) is 0 Å². The van der Waals surface area contributed by atoms with E-state index in [2.05, 4.69) is 31.6 Å². The first-order valence-corrected chi connectivity index (χ1v) is 10.0. The van der Waals surface area contributed by atoms with Gasteiger partial charge in [0.25, 0.3) is 5.91 Å². The molecule has 1 N–H and O–H groups in total. The Balaban J connectivity index is 1.50. The lowest BCUT2D eigenvalue weighted by atomic mass is 10.1. The van der Waals surface area contributed by atoms with Crippen LogP contribution in [0.2, 0.25) is 0 Å². The van der Waals surface area contributed by atoms with Crippen molar-refractivity contribution in [3.63, 3.8) is 0 Å². The van der Waals surface area contributed by atoms with Crippen LogP contribution in [0.3, 0.4) is 0 Å². The molecule has 148 valence electrons. The van der Waals surface area contributed by atoms with Gasteiger partial charge in [0.05, 0.1) is 24.1 Å². The number of nitrogens with zero attached hydrogens (tertiary/aromatic N) is 3. The van der Waals surface area contributed by atoms with Gasteiger partial charge in [0.15, 0.2) is 5.69 Å². The maximum absolute atomic E-state index is 12.8. The number of nitrogens with one attached hydrogen (secondary N) is 1. The average molecular weight is 455 g/mol. The highest BCUT2D eigenvalue weighted by Crippen LogP contribution is 2.42. The van der Waals surface area contributed by atoms with E-state index in [-0.39, 0.29) is 11.9 Å². The summed E-state index contributed by atoms with van der Waals surface area (Å²) in [6.07, 6.45) is 2.05. The fraction of sp³-hybridized carbons (Fsp3) is 0.238. The predicted octanol–water partition coefficient (Wildman–Crippen LogP) is 3.62. The van der Waals surface area contributed by atoms with E-state index < -0.39 is 0 Å². The molecule has 4 rings (SSSR count). The smallest absolute Gasteiger partial charge is 0.337 e. The molecule has 0 atom stereocenters. The van der Waals surface area contributed by atoms with Crippen LogP contribution in [0.5, 0.6) is 0 Å². The summed E-state index contributed by atoms with van der Waals surface area (Å²) in [5.41, 5.74) is 3.43. The summed E-state index contributed by atoms with van der Waals surface area (Å²) in [6, 6.07) is 14.7. The number of carbonyl (C=O) groups excluding carboxylic acids is 2. The van der Waals surface area contributed by atoms with Crippen LogP contribution in [-0.2, 0) is 11.3 Å². The highest BCUT2D eigenvalue weighted by atomic mass is 79.9. The van der Waals surface area contributed by atoms with E-state index in [4.69, 9.17) is 4.74 Å². The quantitative estimate of drug-likeness (QED) is 0.574. The number of hydrogen-bond acceptors (Lipinski definition) is 5. The Morgan fingerprint density at radius 2 is 1.83 bits per heavy atom. The lowest BCUT2D eigenvalue weighted by molar-refractivity contribution is 0.0600. The van der Waals surface area contributed by atoms with Crippen LogP contribution >= 0.6 is 15.9 Å². The van der Waals surface area contributed by atoms with Crippen molar-refractivity contribution in [3.8, 4) is 5.69 Å². The molecule has 0 unspecified atom stereocenters. The zero-order valence-electron chi connectivity index (χ0n) is 15.8. The molecule has 3 aromatic rings. The van der Waals surface area contributed by atoms with Crippen molar-refractivity contribution in [3.05, 3.63) is 75.5 Å². The van der Waals surface area contributed by atoms with E-state index in [1.54, 1.807) is 28.9 Å². The standard InChI is InChI=1S/C21H19BrN4O3/c1-29-21(28)15-4-2-13(3-5-15)12-23-20(27)18-19(14-6-7-14)26(25-24-18)17-10-8-16(22)9-11-17/h2-5,8-11,14H,6-7,12H2,1H3,(H,23,27). The molecule has 1 amide bonds. The molecule has 1 saturated carbocycles. The molecule has 1 aliphatic carbocycles. The summed E-state index contributed by atoms with van der Waals surface area (Å²) in [5, 5.41) is 11.3. The minimum atomic E-state index is -0.390. The van der Waals surface area contributed by atoms with E-state index in [1.807, 2.05) is 24.3 Å². The molecule has 1 aromatic heterocycles. The van der Waals surface area contributed by atoms with Gasteiger partial charge in [-0.15, -0.1) is 5.10 Å². The van der Waals surface area contributed by atoms with Crippen LogP contribution in [0.4, 0.5) is 0 Å². The lowest BCUT2D eigenvalue weighted by Gasteiger charge is -2.08. The third kappa shape index (κ3) is 4.22. The topological polar surface area (TPSA) is 86.1 Å². The van der Waals surface area contributed by atoms with Crippen LogP contribution < -0.4 is 5.32 Å². The molecule has 8 heteroatoms. The number of benzene rings is 2. The summed E-state index contributed by atoms with van der Waals surface area (Å²) in [6.45, 7) is 0.329. The van der Waals surface area contributed by atoms with Gasteiger partial charge in [-0.25, -0.2) is 9.48 Å². The maximum Gasteiger partial charge on any atom is 0.337 e. The van der Waals surface area contributed by atoms with E-state index in [1.165, 1.54) is 7.11 Å². The number of esters is 1. The number of halogens is 1. The molecular weight excluding hydrogens is 436 g/mol. The van der Waals surface area contributed by atoms with Gasteiger partial charge in [-0.05, 0) is 54.8 Å². The van der Waals surface area contributed by atoms with Crippen molar-refractivity contribution >= 4 is 27.8 Å². The molecule has 0 spiro atoms. The Morgan fingerprint density at radius 3 is 2.45 bits per heavy atom. The Labute approximate surface area is 176 Å². The molecule has 1 fully saturated rings. The van der Waals surface area contributed by atoms with Crippen molar-refractivity contribution < 1.29 is 14.3 Å². The lowest BCUT2D eigenvalue weighted by Crippen LogP contribution is -2.24. The van der Waals surface area contributed by atoms with Gasteiger partial charge in [-0.2, -0.15) is 0 Å². The van der Waals surface area contributed by atoms with Crippen LogP contribution in [0.1, 0.15) is 50.9 Å². The second-order valence-corrected chi connectivity index (χ2v) is 7.77. The molecule has 1 heterocycles. The van der Waals surface area contributed by atoms with Gasteiger partial charge in [0.1, 0.15) is 0 Å². The van der Waals surface area contributed by atoms with E-state index in [9.17, 15) is 9.59 Å². The zero-order valence-corrected chi connectivity index (χ0v) is 17.3. The summed E-state index contributed by atoms with van der Waals surface area (Å²) < 4.78 is 7.42. The molecule has 2 aromatic carbocycles. The van der Waals surface area contributed by atoms with Gasteiger partial charge in [0, 0.05) is 16.9 Å². The minimum absolute atomic E-state index is 0.257. The molecule has 29 heavy (non-hydrogen) atoms. The number of aromatic nitrogens is 3. The summed E-state index contributed by atoms with van der Waals surface area (Å²) >= 11 is 3.43. The summed E-state index contributed by atoms with van der Waals surface area (Å²) in [4.78, 5) is 24.3. The second kappa shape index (κ2) is 8.16. The van der Waals surface area contributed by atoms with Crippen LogP contribution in [-0.4, -0.2) is 34.0 Å². The van der Waals surface area contributed by atoms with Gasteiger partial charge < -0.3 is 10.1 Å². The Bertz CT molecular complexity index is 1040. The second-order valence-electron chi connectivity index (χ2n) is 6.86. The molecule has 0 bridgehead atoms. The number of rotatable bonds is 6. The summed E-state index contributed by atoms with van der Waals surface area (Å²) in [5.74, 6) is -0.347. The van der Waals surface area contributed by atoms with E-state index >= 15 is 0 Å². The number of hydrogen-bond donors (Lipinski definition) is 1. The molecule has 0 saturated heterocycles. The van der Waals surface area contributed by atoms with Gasteiger partial charge >= 0.3 is 5.97 Å². The maximum atomic E-state index is 12.8. The van der Waals surface area contributed by atoms with Crippen molar-refractivity contribution in [1.82, 2.24) is 20.3 Å². The Hall–Kier alpha value is -3.00. The van der Waals surface area contributed by atoms with Crippen molar-refractivity contribution in [1.29, 1.82) is 0 Å². The van der Waals surface area contributed by atoms with Crippen LogP contribution in [0.25, 0.3) is 5.69 Å². The molecule has 7 nitrogen and oxygen atoms in total. The van der Waals surface area contributed by atoms with Gasteiger partial charge in [0.2, 0.25) is 0 Å². The molecule has 0 radical (unpaired) electrons. The molecular formula is C21H19BrN4O3. The average Bonchev–Trinajstić information content (AvgIpc) is 3.50. The molecule has 0 aliphatic heterocycles. The number of amides is 1. The molecule has 1 aliphatic rings. The fourth-order valence-electron chi connectivity index (χ4n) is 3.09. The van der Waals surface area contributed by atoms with E-state index in [0.717, 1.165) is 34.3 Å². The predicted molar refractivity (Wildman–Crippen MR) is 110 cm³/mol. The van der Waals surface area contributed by atoms with Gasteiger partial charge in [-0.1, -0.05) is 33.3 Å². The monoisotopic (exact) mass is 454 g/mol. The fourth-order valence-corrected chi connectivity index (χ4v) is 3.35. The minimum Gasteiger partial charge on any atom is -0.465 e. The highest BCUT2D eigenvalue weighted by molar-refractivity contribution is 9.10. The number of carbonyl (C=O) groups is 2. The Kier molecular flexibility index (Phi) is 5.44. The number of methoxy groups -OCH3 is 1. The highest BCUT2D eigenvalue weighted by Gasteiger charge is 2.34. The van der Waals surface area contributed by atoms with Crippen molar-refractivity contribution in [2.45, 2.75) is 25.3 Å². The van der Waals surface area contributed by atoms with Crippen molar-refractivity contribution in [2.75, 3.05) is 7.11 Å². The number of ether oxygens (including phenoxy) is 1.